The van der Waals surface area contributed by atoms with Crippen LogP contribution in [0.15, 0.2) is 24.3 Å². The first-order chi connectivity index (χ1) is 7.74. The molecule has 0 saturated heterocycles. The molecule has 1 aromatic rings. The van der Waals surface area contributed by atoms with Crippen LogP contribution in [0.2, 0.25) is 0 Å². The second-order valence-electron chi connectivity index (χ2n) is 3.55. The highest BCUT2D eigenvalue weighted by Gasteiger charge is 2.02. The third-order valence-corrected chi connectivity index (χ3v) is 3.15. The van der Waals surface area contributed by atoms with Crippen molar-refractivity contribution in [3.05, 3.63) is 24.3 Å². The summed E-state index contributed by atoms with van der Waals surface area (Å²) in [7, 11) is 1.65. The largest absolute Gasteiger partial charge is 0.493 e. The Bertz CT molecular complexity index is 305. The van der Waals surface area contributed by atoms with E-state index >= 15 is 0 Å². The van der Waals surface area contributed by atoms with Gasteiger partial charge in [-0.25, -0.2) is 0 Å². The van der Waals surface area contributed by atoms with Gasteiger partial charge in [-0.3, -0.25) is 0 Å². The SMILES string of the molecule is COc1ccccc1OCCSCC(C)N. The van der Waals surface area contributed by atoms with Crippen molar-refractivity contribution in [1.29, 1.82) is 0 Å². The van der Waals surface area contributed by atoms with Crippen molar-refractivity contribution in [3.8, 4) is 11.5 Å². The van der Waals surface area contributed by atoms with Gasteiger partial charge in [0, 0.05) is 17.5 Å². The average Bonchev–Trinajstić information content (AvgIpc) is 2.29. The summed E-state index contributed by atoms with van der Waals surface area (Å²) in [5.41, 5.74) is 5.65. The lowest BCUT2D eigenvalue weighted by atomic mass is 10.3. The van der Waals surface area contributed by atoms with E-state index in [1.165, 1.54) is 0 Å². The molecule has 0 fully saturated rings. The van der Waals surface area contributed by atoms with Gasteiger partial charge in [0.2, 0.25) is 0 Å². The summed E-state index contributed by atoms with van der Waals surface area (Å²) in [5, 5.41) is 0. The van der Waals surface area contributed by atoms with Gasteiger partial charge in [-0.1, -0.05) is 12.1 Å². The van der Waals surface area contributed by atoms with Crippen molar-refractivity contribution in [2.75, 3.05) is 25.2 Å². The summed E-state index contributed by atoms with van der Waals surface area (Å²) in [6.45, 7) is 2.69. The maximum atomic E-state index is 5.65. The molecule has 2 N–H and O–H groups in total. The van der Waals surface area contributed by atoms with Crippen molar-refractivity contribution in [2.24, 2.45) is 5.73 Å². The molecule has 0 spiro atoms. The van der Waals surface area contributed by atoms with Gasteiger partial charge in [0.1, 0.15) is 0 Å². The zero-order valence-corrected chi connectivity index (χ0v) is 10.6. The van der Waals surface area contributed by atoms with Gasteiger partial charge in [-0.15, -0.1) is 0 Å². The molecule has 90 valence electrons. The van der Waals surface area contributed by atoms with Crippen LogP contribution in [0, 0.1) is 0 Å². The minimum Gasteiger partial charge on any atom is -0.493 e. The zero-order chi connectivity index (χ0) is 11.8. The van der Waals surface area contributed by atoms with Crippen LogP contribution in [0.1, 0.15) is 6.92 Å². The number of hydrogen-bond donors (Lipinski definition) is 1. The number of para-hydroxylation sites is 2. The predicted molar refractivity (Wildman–Crippen MR) is 69.5 cm³/mol. The van der Waals surface area contributed by atoms with Gasteiger partial charge < -0.3 is 15.2 Å². The number of thioether (sulfide) groups is 1. The van der Waals surface area contributed by atoms with E-state index in [9.17, 15) is 0 Å². The molecular formula is C12H19NO2S. The van der Waals surface area contributed by atoms with Crippen LogP contribution < -0.4 is 15.2 Å². The lowest BCUT2D eigenvalue weighted by Gasteiger charge is -2.10. The molecule has 16 heavy (non-hydrogen) atoms. The first-order valence-electron chi connectivity index (χ1n) is 5.33. The fraction of sp³-hybridized carbons (Fsp3) is 0.500. The highest BCUT2D eigenvalue weighted by Crippen LogP contribution is 2.25. The van der Waals surface area contributed by atoms with Crippen molar-refractivity contribution in [1.82, 2.24) is 0 Å². The Morgan fingerprint density at radius 2 is 2.00 bits per heavy atom. The van der Waals surface area contributed by atoms with Crippen LogP contribution in [0.25, 0.3) is 0 Å². The summed E-state index contributed by atoms with van der Waals surface area (Å²) >= 11 is 1.80. The fourth-order valence-electron chi connectivity index (χ4n) is 1.22. The maximum Gasteiger partial charge on any atom is 0.161 e. The van der Waals surface area contributed by atoms with E-state index in [0.29, 0.717) is 6.61 Å². The molecule has 0 aliphatic heterocycles. The molecule has 0 aliphatic carbocycles. The van der Waals surface area contributed by atoms with Gasteiger partial charge in [0.15, 0.2) is 11.5 Å². The van der Waals surface area contributed by atoms with Crippen molar-refractivity contribution in [2.45, 2.75) is 13.0 Å². The summed E-state index contributed by atoms with van der Waals surface area (Å²) in [4.78, 5) is 0. The predicted octanol–water partition coefficient (Wildman–Crippen LogP) is 2.15. The minimum absolute atomic E-state index is 0.247. The number of rotatable bonds is 7. The molecule has 1 atom stereocenters. The van der Waals surface area contributed by atoms with Crippen molar-refractivity contribution < 1.29 is 9.47 Å². The lowest BCUT2D eigenvalue weighted by molar-refractivity contribution is 0.313. The highest BCUT2D eigenvalue weighted by molar-refractivity contribution is 7.99. The molecule has 3 nitrogen and oxygen atoms in total. The van der Waals surface area contributed by atoms with Gasteiger partial charge >= 0.3 is 0 Å². The van der Waals surface area contributed by atoms with Crippen molar-refractivity contribution >= 4 is 11.8 Å². The standard InChI is InChI=1S/C12H19NO2S/c1-10(13)9-16-8-7-15-12-6-4-3-5-11(12)14-2/h3-6,10H,7-9,13H2,1-2H3. The molecule has 1 rings (SSSR count). The molecular weight excluding hydrogens is 222 g/mol. The second kappa shape index (κ2) is 7.41. The topological polar surface area (TPSA) is 44.5 Å². The smallest absolute Gasteiger partial charge is 0.161 e. The lowest BCUT2D eigenvalue weighted by Crippen LogP contribution is -2.18. The van der Waals surface area contributed by atoms with Crippen LogP contribution in [0.3, 0.4) is 0 Å². The average molecular weight is 241 g/mol. The first-order valence-corrected chi connectivity index (χ1v) is 6.48. The highest BCUT2D eigenvalue weighted by atomic mass is 32.2. The molecule has 1 aromatic carbocycles. The third-order valence-electron chi connectivity index (χ3n) is 1.94. The Kier molecular flexibility index (Phi) is 6.11. The molecule has 0 aromatic heterocycles. The normalized spacial score (nSPS) is 12.2. The number of ether oxygens (including phenoxy) is 2. The van der Waals surface area contributed by atoms with E-state index in [0.717, 1.165) is 23.0 Å². The number of benzene rings is 1. The van der Waals surface area contributed by atoms with Gasteiger partial charge in [-0.05, 0) is 19.1 Å². The second-order valence-corrected chi connectivity index (χ2v) is 4.70. The molecule has 0 bridgehead atoms. The Morgan fingerprint density at radius 1 is 1.31 bits per heavy atom. The number of methoxy groups -OCH3 is 1. The molecule has 0 aliphatic rings. The molecule has 1 unspecified atom stereocenters. The van der Waals surface area contributed by atoms with E-state index in [1.54, 1.807) is 18.9 Å². The van der Waals surface area contributed by atoms with Gasteiger partial charge in [0.25, 0.3) is 0 Å². The maximum absolute atomic E-state index is 5.65. The minimum atomic E-state index is 0.247. The van der Waals surface area contributed by atoms with E-state index in [2.05, 4.69) is 0 Å². The van der Waals surface area contributed by atoms with Crippen LogP contribution in [0.5, 0.6) is 11.5 Å². The molecule has 0 heterocycles. The monoisotopic (exact) mass is 241 g/mol. The third kappa shape index (κ3) is 4.77. The fourth-order valence-corrected chi connectivity index (χ4v) is 1.96. The van der Waals surface area contributed by atoms with E-state index in [-0.39, 0.29) is 6.04 Å². The van der Waals surface area contributed by atoms with Crippen LogP contribution in [0.4, 0.5) is 0 Å². The Hall–Kier alpha value is -0.870. The Labute approximate surface area is 101 Å². The van der Waals surface area contributed by atoms with Gasteiger partial charge in [0.05, 0.1) is 13.7 Å². The van der Waals surface area contributed by atoms with E-state index in [4.69, 9.17) is 15.2 Å². The molecule has 0 saturated carbocycles. The van der Waals surface area contributed by atoms with Crippen LogP contribution >= 0.6 is 11.8 Å². The Morgan fingerprint density at radius 3 is 2.62 bits per heavy atom. The van der Waals surface area contributed by atoms with Crippen LogP contribution in [-0.4, -0.2) is 31.3 Å². The summed E-state index contributed by atoms with van der Waals surface area (Å²) in [6.07, 6.45) is 0. The zero-order valence-electron chi connectivity index (χ0n) is 9.81. The van der Waals surface area contributed by atoms with E-state index in [1.807, 2.05) is 31.2 Å². The summed E-state index contributed by atoms with van der Waals surface area (Å²) < 4.78 is 10.8. The molecule has 4 heteroatoms. The number of hydrogen-bond acceptors (Lipinski definition) is 4. The van der Waals surface area contributed by atoms with Crippen molar-refractivity contribution in [3.63, 3.8) is 0 Å². The quantitative estimate of drug-likeness (QED) is 0.743. The first kappa shape index (κ1) is 13.2. The van der Waals surface area contributed by atoms with E-state index < -0.39 is 0 Å². The number of nitrogens with two attached hydrogens (primary N) is 1. The molecule has 0 radical (unpaired) electrons. The molecule has 0 amide bonds. The summed E-state index contributed by atoms with van der Waals surface area (Å²) in [6, 6.07) is 7.92. The van der Waals surface area contributed by atoms with Gasteiger partial charge in [-0.2, -0.15) is 11.8 Å². The van der Waals surface area contributed by atoms with Crippen LogP contribution in [-0.2, 0) is 0 Å². The Balaban J connectivity index is 2.26. The summed E-state index contributed by atoms with van der Waals surface area (Å²) in [5.74, 6) is 3.49.